The van der Waals surface area contributed by atoms with E-state index in [9.17, 15) is 4.79 Å². The quantitative estimate of drug-likeness (QED) is 0.353. The van der Waals surface area contributed by atoms with Crippen LogP contribution in [0.4, 0.5) is 5.82 Å². The molecule has 0 unspecified atom stereocenters. The fourth-order valence-electron chi connectivity index (χ4n) is 4.41. The van der Waals surface area contributed by atoms with E-state index >= 15 is 0 Å². The highest BCUT2D eigenvalue weighted by Gasteiger charge is 2.33. The van der Waals surface area contributed by atoms with Crippen LogP contribution in [0.2, 0.25) is 0 Å². The van der Waals surface area contributed by atoms with Gasteiger partial charge in [0.15, 0.2) is 0 Å². The van der Waals surface area contributed by atoms with Crippen molar-refractivity contribution in [2.24, 2.45) is 5.41 Å². The topological polar surface area (TPSA) is 53.8 Å². The molecule has 34 heavy (non-hydrogen) atoms. The van der Waals surface area contributed by atoms with E-state index in [0.717, 1.165) is 61.9 Å². The minimum atomic E-state index is -0.634. The van der Waals surface area contributed by atoms with E-state index in [0.29, 0.717) is 19.7 Å². The SMILES string of the molecule is CCN1CCN(c2c(CN(CCCOC)C(=O)C(C)(C)CCl)c(C)nn2-c2ccccc2)CC1. The minimum Gasteiger partial charge on any atom is -0.385 e. The first-order valence-electron chi connectivity index (χ1n) is 12.3. The van der Waals surface area contributed by atoms with E-state index in [2.05, 4.69) is 33.5 Å². The van der Waals surface area contributed by atoms with Gasteiger partial charge in [0.25, 0.3) is 0 Å². The van der Waals surface area contributed by atoms with Crippen LogP contribution >= 0.6 is 11.6 Å². The molecule has 1 saturated heterocycles. The van der Waals surface area contributed by atoms with Crippen LogP contribution in [-0.4, -0.2) is 84.4 Å². The van der Waals surface area contributed by atoms with Crippen LogP contribution in [0.1, 0.15) is 38.4 Å². The number of para-hydroxylation sites is 1. The van der Waals surface area contributed by atoms with Crippen molar-refractivity contribution >= 4 is 23.3 Å². The van der Waals surface area contributed by atoms with Gasteiger partial charge in [0.2, 0.25) is 5.91 Å². The zero-order valence-electron chi connectivity index (χ0n) is 21.4. The molecule has 2 aromatic rings. The summed E-state index contributed by atoms with van der Waals surface area (Å²) in [6.45, 7) is 14.8. The van der Waals surface area contributed by atoms with E-state index in [1.165, 1.54) is 0 Å². The van der Waals surface area contributed by atoms with Crippen molar-refractivity contribution in [3.8, 4) is 5.69 Å². The Morgan fingerprint density at radius 3 is 2.44 bits per heavy atom. The second-order valence-corrected chi connectivity index (χ2v) is 9.91. The van der Waals surface area contributed by atoms with E-state index < -0.39 is 5.41 Å². The first-order chi connectivity index (χ1) is 16.3. The third kappa shape index (κ3) is 6.12. The molecule has 0 saturated carbocycles. The van der Waals surface area contributed by atoms with E-state index in [1.54, 1.807) is 7.11 Å². The van der Waals surface area contributed by atoms with Gasteiger partial charge in [0.1, 0.15) is 5.82 Å². The Morgan fingerprint density at radius 2 is 1.85 bits per heavy atom. The van der Waals surface area contributed by atoms with Crippen LogP contribution in [0.5, 0.6) is 0 Å². The number of likely N-dealkylation sites (N-methyl/N-ethyl adjacent to an activating group) is 1. The number of anilines is 1. The fourth-order valence-corrected chi connectivity index (χ4v) is 4.52. The largest absolute Gasteiger partial charge is 0.385 e. The van der Waals surface area contributed by atoms with Gasteiger partial charge >= 0.3 is 0 Å². The van der Waals surface area contributed by atoms with Gasteiger partial charge in [-0.2, -0.15) is 5.10 Å². The number of carbonyl (C=O) groups is 1. The zero-order valence-corrected chi connectivity index (χ0v) is 22.1. The number of carbonyl (C=O) groups excluding carboxylic acids is 1. The third-order valence-corrected chi connectivity index (χ3v) is 7.27. The van der Waals surface area contributed by atoms with Crippen molar-refractivity contribution in [2.45, 2.75) is 40.7 Å². The maximum absolute atomic E-state index is 13.5. The molecule has 1 aromatic carbocycles. The monoisotopic (exact) mass is 489 g/mol. The summed E-state index contributed by atoms with van der Waals surface area (Å²) in [5.74, 6) is 1.43. The van der Waals surface area contributed by atoms with Crippen LogP contribution in [0.3, 0.4) is 0 Å². The number of ether oxygens (including phenoxy) is 1. The number of piperazine rings is 1. The first kappa shape index (κ1) is 26.5. The maximum Gasteiger partial charge on any atom is 0.229 e. The fraction of sp³-hybridized carbons (Fsp3) is 0.615. The number of nitrogens with zero attached hydrogens (tertiary/aromatic N) is 5. The summed E-state index contributed by atoms with van der Waals surface area (Å²) < 4.78 is 7.32. The number of hydrogen-bond acceptors (Lipinski definition) is 5. The lowest BCUT2D eigenvalue weighted by atomic mass is 9.94. The summed E-state index contributed by atoms with van der Waals surface area (Å²) in [5.41, 5.74) is 2.45. The highest BCUT2D eigenvalue weighted by atomic mass is 35.5. The van der Waals surface area contributed by atoms with Gasteiger partial charge in [-0.05, 0) is 45.9 Å². The molecule has 1 fully saturated rings. The Morgan fingerprint density at radius 1 is 1.18 bits per heavy atom. The summed E-state index contributed by atoms with van der Waals surface area (Å²) in [6.07, 6.45) is 0.775. The predicted molar refractivity (Wildman–Crippen MR) is 139 cm³/mol. The van der Waals surface area contributed by atoms with Gasteiger partial charge < -0.3 is 19.4 Å². The molecule has 7 nitrogen and oxygen atoms in total. The number of benzene rings is 1. The van der Waals surface area contributed by atoms with Gasteiger partial charge in [-0.15, -0.1) is 11.6 Å². The van der Waals surface area contributed by atoms with E-state index in [4.69, 9.17) is 21.4 Å². The molecule has 0 radical (unpaired) electrons. The van der Waals surface area contributed by atoms with E-state index in [-0.39, 0.29) is 11.8 Å². The van der Waals surface area contributed by atoms with Crippen molar-refractivity contribution in [1.82, 2.24) is 19.6 Å². The Kier molecular flexibility index (Phi) is 9.39. The molecular weight excluding hydrogens is 450 g/mol. The smallest absolute Gasteiger partial charge is 0.229 e. The number of amides is 1. The second-order valence-electron chi connectivity index (χ2n) is 9.65. The molecular formula is C26H40ClN5O2. The lowest BCUT2D eigenvalue weighted by molar-refractivity contribution is -0.140. The van der Waals surface area contributed by atoms with Crippen molar-refractivity contribution in [3.05, 3.63) is 41.6 Å². The van der Waals surface area contributed by atoms with Gasteiger partial charge in [-0.25, -0.2) is 4.68 Å². The molecule has 3 rings (SSSR count). The molecule has 0 spiro atoms. The average Bonchev–Trinajstić information content (AvgIpc) is 3.19. The van der Waals surface area contributed by atoms with Gasteiger partial charge in [-0.3, -0.25) is 4.79 Å². The first-order valence-corrected chi connectivity index (χ1v) is 12.8. The maximum atomic E-state index is 13.5. The molecule has 1 aliphatic heterocycles. The van der Waals surface area contributed by atoms with Crippen molar-refractivity contribution in [1.29, 1.82) is 0 Å². The molecule has 1 amide bonds. The number of methoxy groups -OCH3 is 1. The molecule has 0 N–H and O–H groups in total. The molecule has 1 aromatic heterocycles. The summed E-state index contributed by atoms with van der Waals surface area (Å²) in [4.78, 5) is 20.3. The Labute approximate surface area is 209 Å². The standard InChI is InChI=1S/C26H40ClN5O2/c1-6-29-14-16-30(17-15-29)24-23(21(2)28-32(24)22-11-8-7-9-12-22)19-31(13-10-18-34-5)25(33)26(3,4)20-27/h7-9,11-12H,6,10,13-20H2,1-5H3. The predicted octanol–water partition coefficient (Wildman–Crippen LogP) is 3.95. The summed E-state index contributed by atoms with van der Waals surface area (Å²) >= 11 is 6.19. The molecule has 188 valence electrons. The van der Waals surface area contributed by atoms with Crippen LogP contribution < -0.4 is 4.90 Å². The molecule has 0 atom stereocenters. The minimum absolute atomic E-state index is 0.0622. The normalized spacial score (nSPS) is 15.1. The molecule has 0 aliphatic carbocycles. The van der Waals surface area contributed by atoms with Crippen LogP contribution in [0, 0.1) is 12.3 Å². The van der Waals surface area contributed by atoms with Crippen LogP contribution in [-0.2, 0) is 16.1 Å². The zero-order chi connectivity index (χ0) is 24.7. The number of halogens is 1. The summed E-state index contributed by atoms with van der Waals surface area (Å²) in [7, 11) is 1.69. The number of alkyl halides is 1. The molecule has 8 heteroatoms. The lowest BCUT2D eigenvalue weighted by Crippen LogP contribution is -2.47. The highest BCUT2D eigenvalue weighted by Crippen LogP contribution is 2.31. The molecule has 1 aliphatic rings. The van der Waals surface area contributed by atoms with Crippen molar-refractivity contribution in [3.63, 3.8) is 0 Å². The highest BCUT2D eigenvalue weighted by molar-refractivity contribution is 6.19. The number of aryl methyl sites for hydroxylation is 1. The third-order valence-electron chi connectivity index (χ3n) is 6.60. The Balaban J connectivity index is 2.01. The summed E-state index contributed by atoms with van der Waals surface area (Å²) in [6, 6.07) is 10.3. The Bertz CT molecular complexity index is 923. The van der Waals surface area contributed by atoms with Gasteiger partial charge in [-0.1, -0.05) is 25.1 Å². The van der Waals surface area contributed by atoms with Crippen molar-refractivity contribution < 1.29 is 9.53 Å². The van der Waals surface area contributed by atoms with Crippen LogP contribution in [0.15, 0.2) is 30.3 Å². The van der Waals surface area contributed by atoms with Crippen LogP contribution in [0.25, 0.3) is 5.69 Å². The molecule has 0 bridgehead atoms. The lowest BCUT2D eigenvalue weighted by Gasteiger charge is -2.37. The summed E-state index contributed by atoms with van der Waals surface area (Å²) in [5, 5.41) is 4.96. The Hall–Kier alpha value is -2.09. The number of aromatic nitrogens is 2. The second kappa shape index (κ2) is 12.0. The molecule has 2 heterocycles. The van der Waals surface area contributed by atoms with Gasteiger partial charge in [0, 0.05) is 57.9 Å². The number of hydrogen-bond donors (Lipinski definition) is 0. The number of rotatable bonds is 11. The van der Waals surface area contributed by atoms with Crippen molar-refractivity contribution in [2.75, 3.05) is 63.8 Å². The average molecular weight is 490 g/mol. The van der Waals surface area contributed by atoms with E-state index in [1.807, 2.05) is 43.9 Å². The van der Waals surface area contributed by atoms with Gasteiger partial charge in [0.05, 0.1) is 23.3 Å².